The lowest BCUT2D eigenvalue weighted by atomic mass is 10.1. The summed E-state index contributed by atoms with van der Waals surface area (Å²) >= 11 is 5.96. The molecule has 0 aromatic heterocycles. The molecule has 1 aromatic carbocycles. The van der Waals surface area contributed by atoms with Gasteiger partial charge >= 0.3 is 0 Å². The van der Waals surface area contributed by atoms with E-state index in [1.807, 2.05) is 6.07 Å². The highest BCUT2D eigenvalue weighted by atomic mass is 35.5. The molecule has 1 rings (SSSR count). The monoisotopic (exact) mass is 210 g/mol. The third kappa shape index (κ3) is 2.42. The van der Waals surface area contributed by atoms with Gasteiger partial charge in [0.15, 0.2) is 0 Å². The maximum absolute atomic E-state index is 5.96. The number of hydrogen-bond donors (Lipinski definition) is 2. The first-order valence-electron chi connectivity index (χ1n) is 4.64. The first kappa shape index (κ1) is 10.9. The van der Waals surface area contributed by atoms with Crippen molar-refractivity contribution in [1.29, 1.82) is 0 Å². The smallest absolute Gasteiger partial charge is 0.0739 e. The molecular formula is C11H15ClN2. The second-order valence-corrected chi connectivity index (χ2v) is 3.50. The van der Waals surface area contributed by atoms with Gasteiger partial charge in [0, 0.05) is 6.54 Å². The Balaban J connectivity index is 3.00. The molecule has 0 fully saturated rings. The van der Waals surface area contributed by atoms with Crippen LogP contribution in [-0.2, 0) is 0 Å². The lowest BCUT2D eigenvalue weighted by molar-refractivity contribution is 0.980. The largest absolute Gasteiger partial charge is 0.396 e. The van der Waals surface area contributed by atoms with Crippen LogP contribution < -0.4 is 11.1 Å². The van der Waals surface area contributed by atoms with Gasteiger partial charge in [-0.15, -0.1) is 0 Å². The van der Waals surface area contributed by atoms with E-state index >= 15 is 0 Å². The van der Waals surface area contributed by atoms with E-state index in [4.69, 9.17) is 17.3 Å². The Morgan fingerprint density at radius 2 is 2.29 bits per heavy atom. The molecule has 0 bridgehead atoms. The van der Waals surface area contributed by atoms with Gasteiger partial charge in [-0.05, 0) is 24.1 Å². The number of nitrogens with two attached hydrogens (primary N) is 1. The molecule has 0 heterocycles. The first-order chi connectivity index (χ1) is 6.69. The molecule has 0 unspecified atom stereocenters. The van der Waals surface area contributed by atoms with Crippen molar-refractivity contribution in [2.45, 2.75) is 13.3 Å². The summed E-state index contributed by atoms with van der Waals surface area (Å²) in [7, 11) is 0. The van der Waals surface area contributed by atoms with Crippen molar-refractivity contribution >= 4 is 29.1 Å². The van der Waals surface area contributed by atoms with E-state index in [2.05, 4.69) is 18.8 Å². The van der Waals surface area contributed by atoms with Crippen LogP contribution in [0.4, 0.5) is 11.4 Å². The zero-order valence-electron chi connectivity index (χ0n) is 8.31. The average Bonchev–Trinajstić information content (AvgIpc) is 2.20. The van der Waals surface area contributed by atoms with Crippen LogP contribution in [0.1, 0.15) is 18.9 Å². The van der Waals surface area contributed by atoms with Gasteiger partial charge in [-0.2, -0.15) is 0 Å². The summed E-state index contributed by atoms with van der Waals surface area (Å²) in [5, 5.41) is 3.79. The highest BCUT2D eigenvalue weighted by molar-refractivity contribution is 6.33. The summed E-state index contributed by atoms with van der Waals surface area (Å²) in [6, 6.07) is 3.75. The predicted octanol–water partition coefficient (Wildman–Crippen LogP) is 3.39. The Bertz CT molecular complexity index is 334. The van der Waals surface area contributed by atoms with Crippen molar-refractivity contribution in [3.63, 3.8) is 0 Å². The first-order valence-corrected chi connectivity index (χ1v) is 5.02. The summed E-state index contributed by atoms with van der Waals surface area (Å²) in [4.78, 5) is 0. The van der Waals surface area contributed by atoms with Gasteiger partial charge in [0.2, 0.25) is 0 Å². The molecule has 0 amide bonds. The molecule has 2 nitrogen and oxygen atoms in total. The summed E-state index contributed by atoms with van der Waals surface area (Å²) in [5.41, 5.74) is 8.28. The number of anilines is 2. The van der Waals surface area contributed by atoms with E-state index in [0.717, 1.165) is 24.2 Å². The molecule has 1 aromatic rings. The third-order valence-electron chi connectivity index (χ3n) is 1.95. The van der Waals surface area contributed by atoms with E-state index in [1.165, 1.54) is 0 Å². The Morgan fingerprint density at radius 1 is 1.57 bits per heavy atom. The zero-order chi connectivity index (χ0) is 10.6. The van der Waals surface area contributed by atoms with Gasteiger partial charge in [-0.1, -0.05) is 31.2 Å². The molecule has 3 N–H and O–H groups in total. The molecule has 0 aliphatic carbocycles. The molecule has 0 aliphatic heterocycles. The van der Waals surface area contributed by atoms with Crippen LogP contribution in [0, 0.1) is 0 Å². The minimum absolute atomic E-state index is 0.570. The number of benzene rings is 1. The van der Waals surface area contributed by atoms with Gasteiger partial charge in [0.05, 0.1) is 16.4 Å². The van der Waals surface area contributed by atoms with E-state index in [-0.39, 0.29) is 0 Å². The number of rotatable bonds is 4. The van der Waals surface area contributed by atoms with Crippen LogP contribution in [0.15, 0.2) is 18.7 Å². The molecule has 0 spiro atoms. The molecule has 3 heteroatoms. The van der Waals surface area contributed by atoms with E-state index in [1.54, 1.807) is 12.1 Å². The van der Waals surface area contributed by atoms with Crippen molar-refractivity contribution in [2.24, 2.45) is 0 Å². The van der Waals surface area contributed by atoms with Crippen molar-refractivity contribution < 1.29 is 0 Å². The number of halogens is 1. The van der Waals surface area contributed by atoms with Crippen LogP contribution in [0.25, 0.3) is 6.08 Å². The molecule has 14 heavy (non-hydrogen) atoms. The van der Waals surface area contributed by atoms with Gasteiger partial charge in [-0.3, -0.25) is 0 Å². The highest BCUT2D eigenvalue weighted by Crippen LogP contribution is 2.29. The summed E-state index contributed by atoms with van der Waals surface area (Å²) < 4.78 is 0. The SMILES string of the molecule is C=Cc1cc(Cl)c(N)c(NCCC)c1. The Hall–Kier alpha value is -1.15. The number of nitrogen functional groups attached to an aromatic ring is 1. The fraction of sp³-hybridized carbons (Fsp3) is 0.273. The normalized spacial score (nSPS) is 9.86. The van der Waals surface area contributed by atoms with Crippen molar-refractivity contribution in [2.75, 3.05) is 17.6 Å². The molecule has 0 saturated carbocycles. The molecular weight excluding hydrogens is 196 g/mol. The summed E-state index contributed by atoms with van der Waals surface area (Å²) in [6.07, 6.45) is 2.80. The maximum Gasteiger partial charge on any atom is 0.0739 e. The summed E-state index contributed by atoms with van der Waals surface area (Å²) in [5.74, 6) is 0. The second-order valence-electron chi connectivity index (χ2n) is 3.09. The Labute approximate surface area is 89.8 Å². The topological polar surface area (TPSA) is 38.0 Å². The fourth-order valence-corrected chi connectivity index (χ4v) is 1.39. The lowest BCUT2D eigenvalue weighted by Gasteiger charge is -2.10. The molecule has 0 saturated heterocycles. The van der Waals surface area contributed by atoms with Crippen LogP contribution in [0.3, 0.4) is 0 Å². The molecule has 0 radical (unpaired) electrons. The van der Waals surface area contributed by atoms with E-state index < -0.39 is 0 Å². The van der Waals surface area contributed by atoms with Gasteiger partial charge in [-0.25, -0.2) is 0 Å². The minimum atomic E-state index is 0.570. The van der Waals surface area contributed by atoms with E-state index in [9.17, 15) is 0 Å². The summed E-state index contributed by atoms with van der Waals surface area (Å²) in [6.45, 7) is 6.69. The van der Waals surface area contributed by atoms with Crippen LogP contribution in [0.2, 0.25) is 5.02 Å². The fourth-order valence-electron chi connectivity index (χ4n) is 1.16. The van der Waals surface area contributed by atoms with Gasteiger partial charge < -0.3 is 11.1 Å². The quantitative estimate of drug-likeness (QED) is 0.748. The van der Waals surface area contributed by atoms with Crippen molar-refractivity contribution in [3.8, 4) is 0 Å². The molecule has 0 aliphatic rings. The highest BCUT2D eigenvalue weighted by Gasteiger charge is 2.04. The van der Waals surface area contributed by atoms with Gasteiger partial charge in [0.25, 0.3) is 0 Å². The minimum Gasteiger partial charge on any atom is -0.396 e. The number of hydrogen-bond acceptors (Lipinski definition) is 2. The zero-order valence-corrected chi connectivity index (χ0v) is 9.06. The predicted molar refractivity (Wildman–Crippen MR) is 64.7 cm³/mol. The van der Waals surface area contributed by atoms with Crippen LogP contribution in [-0.4, -0.2) is 6.54 Å². The van der Waals surface area contributed by atoms with Crippen LogP contribution >= 0.6 is 11.6 Å². The standard InChI is InChI=1S/C11H15ClN2/c1-3-5-14-10-7-8(4-2)6-9(12)11(10)13/h4,6-7,14H,2-3,5,13H2,1H3. The van der Waals surface area contributed by atoms with E-state index in [0.29, 0.717) is 10.7 Å². The average molecular weight is 211 g/mol. The maximum atomic E-state index is 5.96. The second kappa shape index (κ2) is 4.91. The van der Waals surface area contributed by atoms with Crippen LogP contribution in [0.5, 0.6) is 0 Å². The number of nitrogens with one attached hydrogen (secondary N) is 1. The Morgan fingerprint density at radius 3 is 2.86 bits per heavy atom. The molecule has 0 atom stereocenters. The lowest BCUT2D eigenvalue weighted by Crippen LogP contribution is -2.03. The Kier molecular flexibility index (Phi) is 3.84. The van der Waals surface area contributed by atoms with Crippen molar-refractivity contribution in [3.05, 3.63) is 29.3 Å². The van der Waals surface area contributed by atoms with Gasteiger partial charge in [0.1, 0.15) is 0 Å². The molecule has 76 valence electrons. The third-order valence-corrected chi connectivity index (χ3v) is 2.27. The van der Waals surface area contributed by atoms with Crippen molar-refractivity contribution in [1.82, 2.24) is 0 Å².